The minimum Gasteiger partial charge on any atom is -0.339 e. The summed E-state index contributed by atoms with van der Waals surface area (Å²) in [4.78, 5) is 4.32. The van der Waals surface area contributed by atoms with Crippen LogP contribution in [0.5, 0.6) is 0 Å². The van der Waals surface area contributed by atoms with Crippen LogP contribution in [0.3, 0.4) is 0 Å². The molecule has 1 aromatic carbocycles. The van der Waals surface area contributed by atoms with Crippen molar-refractivity contribution in [3.05, 3.63) is 34.1 Å². The van der Waals surface area contributed by atoms with Crippen LogP contribution in [-0.4, -0.2) is 15.7 Å². The lowest BCUT2D eigenvalue weighted by Gasteiger charge is -2.16. The Hall–Kier alpha value is -1.10. The molecule has 19 heavy (non-hydrogen) atoms. The first kappa shape index (κ1) is 14.3. The molecule has 0 atom stereocenters. The first-order valence-electron chi connectivity index (χ1n) is 5.91. The van der Waals surface area contributed by atoms with Gasteiger partial charge in [0.15, 0.2) is 0 Å². The molecule has 0 aliphatic heterocycles. The summed E-state index contributed by atoms with van der Waals surface area (Å²) in [5.74, 6) is 1.04. The third-order valence-corrected chi connectivity index (χ3v) is 3.01. The molecular formula is C13H15Cl2N3O. The molecule has 102 valence electrons. The standard InChI is InChI=1S/C13H15Cl2N3O/c1-13(2,16)4-3-11-17-12(18-19-11)8-5-9(14)7-10(15)6-8/h5-7H,3-4,16H2,1-2H3. The average Bonchev–Trinajstić information content (AvgIpc) is 2.72. The fourth-order valence-corrected chi connectivity index (χ4v) is 2.11. The predicted octanol–water partition coefficient (Wildman–Crippen LogP) is 3.71. The van der Waals surface area contributed by atoms with Crippen molar-refractivity contribution in [2.45, 2.75) is 32.2 Å². The Bertz CT molecular complexity index is 555. The van der Waals surface area contributed by atoms with Crippen molar-refractivity contribution in [1.82, 2.24) is 10.1 Å². The Morgan fingerprint density at radius 3 is 2.42 bits per heavy atom. The second-order valence-corrected chi connectivity index (χ2v) is 6.03. The van der Waals surface area contributed by atoms with Crippen molar-refractivity contribution in [3.63, 3.8) is 0 Å². The largest absolute Gasteiger partial charge is 0.339 e. The molecule has 2 N–H and O–H groups in total. The van der Waals surface area contributed by atoms with Gasteiger partial charge in [0.05, 0.1) is 0 Å². The number of aryl methyl sites for hydroxylation is 1. The van der Waals surface area contributed by atoms with Crippen LogP contribution in [0.15, 0.2) is 22.7 Å². The Labute approximate surface area is 121 Å². The first-order chi connectivity index (χ1) is 8.83. The zero-order valence-electron chi connectivity index (χ0n) is 10.8. The van der Waals surface area contributed by atoms with E-state index in [-0.39, 0.29) is 5.54 Å². The molecule has 0 saturated carbocycles. The van der Waals surface area contributed by atoms with E-state index in [2.05, 4.69) is 10.1 Å². The first-order valence-corrected chi connectivity index (χ1v) is 6.67. The molecule has 6 heteroatoms. The number of nitrogens with two attached hydrogens (primary N) is 1. The molecule has 1 heterocycles. The number of halogens is 2. The highest BCUT2D eigenvalue weighted by Gasteiger charge is 2.15. The van der Waals surface area contributed by atoms with Gasteiger partial charge in [-0.15, -0.1) is 0 Å². The Morgan fingerprint density at radius 2 is 1.84 bits per heavy atom. The van der Waals surface area contributed by atoms with Crippen molar-refractivity contribution >= 4 is 23.2 Å². The van der Waals surface area contributed by atoms with Gasteiger partial charge >= 0.3 is 0 Å². The maximum absolute atomic E-state index is 5.94. The van der Waals surface area contributed by atoms with E-state index in [1.54, 1.807) is 18.2 Å². The zero-order valence-corrected chi connectivity index (χ0v) is 12.3. The predicted molar refractivity (Wildman–Crippen MR) is 76.3 cm³/mol. The van der Waals surface area contributed by atoms with Crippen LogP contribution in [0.2, 0.25) is 10.0 Å². The van der Waals surface area contributed by atoms with Gasteiger partial charge in [-0.05, 0) is 38.5 Å². The van der Waals surface area contributed by atoms with E-state index in [1.165, 1.54) is 0 Å². The third kappa shape index (κ3) is 4.20. The maximum atomic E-state index is 5.94. The van der Waals surface area contributed by atoms with Gasteiger partial charge in [0, 0.05) is 27.6 Å². The molecule has 0 fully saturated rings. The summed E-state index contributed by atoms with van der Waals surface area (Å²) in [6.07, 6.45) is 1.41. The zero-order chi connectivity index (χ0) is 14.0. The molecule has 2 rings (SSSR count). The molecule has 0 aliphatic rings. The summed E-state index contributed by atoms with van der Waals surface area (Å²) in [7, 11) is 0. The van der Waals surface area contributed by atoms with Gasteiger partial charge in [-0.3, -0.25) is 0 Å². The molecule has 0 saturated heterocycles. The second kappa shape index (κ2) is 5.49. The second-order valence-electron chi connectivity index (χ2n) is 5.16. The van der Waals surface area contributed by atoms with Gasteiger partial charge in [0.25, 0.3) is 0 Å². The summed E-state index contributed by atoms with van der Waals surface area (Å²) in [6.45, 7) is 3.92. The highest BCUT2D eigenvalue weighted by atomic mass is 35.5. The fourth-order valence-electron chi connectivity index (χ4n) is 1.59. The van der Waals surface area contributed by atoms with Crippen LogP contribution < -0.4 is 5.73 Å². The SMILES string of the molecule is CC(C)(N)CCc1nc(-c2cc(Cl)cc(Cl)c2)no1. The lowest BCUT2D eigenvalue weighted by Crippen LogP contribution is -2.32. The molecule has 0 bridgehead atoms. The molecular weight excluding hydrogens is 285 g/mol. The number of hydrogen-bond donors (Lipinski definition) is 1. The summed E-state index contributed by atoms with van der Waals surface area (Å²) >= 11 is 11.9. The number of nitrogens with zero attached hydrogens (tertiary/aromatic N) is 2. The number of benzene rings is 1. The Kier molecular flexibility index (Phi) is 4.13. The van der Waals surface area contributed by atoms with Crippen molar-refractivity contribution in [3.8, 4) is 11.4 Å². The Morgan fingerprint density at radius 1 is 1.21 bits per heavy atom. The topological polar surface area (TPSA) is 64.9 Å². The number of aromatic nitrogens is 2. The molecule has 0 unspecified atom stereocenters. The van der Waals surface area contributed by atoms with Crippen LogP contribution in [0, 0.1) is 0 Å². The van der Waals surface area contributed by atoms with E-state index in [1.807, 2.05) is 13.8 Å². The molecule has 0 radical (unpaired) electrons. The summed E-state index contributed by atoms with van der Waals surface area (Å²) < 4.78 is 5.19. The van der Waals surface area contributed by atoms with E-state index in [9.17, 15) is 0 Å². The smallest absolute Gasteiger partial charge is 0.227 e. The third-order valence-electron chi connectivity index (χ3n) is 2.57. The molecule has 1 aromatic heterocycles. The van der Waals surface area contributed by atoms with E-state index in [0.717, 1.165) is 12.0 Å². The van der Waals surface area contributed by atoms with Crippen molar-refractivity contribution < 1.29 is 4.52 Å². The Balaban J connectivity index is 2.16. The fraction of sp³-hybridized carbons (Fsp3) is 0.385. The van der Waals surface area contributed by atoms with E-state index in [0.29, 0.717) is 28.2 Å². The number of hydrogen-bond acceptors (Lipinski definition) is 4. The van der Waals surface area contributed by atoms with Crippen LogP contribution in [0.1, 0.15) is 26.2 Å². The molecule has 0 spiro atoms. The molecule has 0 aliphatic carbocycles. The van der Waals surface area contributed by atoms with Gasteiger partial charge in [-0.25, -0.2) is 0 Å². The summed E-state index contributed by atoms with van der Waals surface area (Å²) in [6, 6.07) is 5.15. The van der Waals surface area contributed by atoms with E-state index < -0.39 is 0 Å². The van der Waals surface area contributed by atoms with Crippen LogP contribution in [-0.2, 0) is 6.42 Å². The van der Waals surface area contributed by atoms with Gasteiger partial charge < -0.3 is 10.3 Å². The number of rotatable bonds is 4. The maximum Gasteiger partial charge on any atom is 0.227 e. The quantitative estimate of drug-likeness (QED) is 0.934. The highest BCUT2D eigenvalue weighted by molar-refractivity contribution is 6.35. The monoisotopic (exact) mass is 299 g/mol. The van der Waals surface area contributed by atoms with Crippen LogP contribution >= 0.6 is 23.2 Å². The van der Waals surface area contributed by atoms with Gasteiger partial charge in [0.1, 0.15) is 0 Å². The van der Waals surface area contributed by atoms with Crippen molar-refractivity contribution in [2.75, 3.05) is 0 Å². The lowest BCUT2D eigenvalue weighted by atomic mass is 10.0. The van der Waals surface area contributed by atoms with Crippen LogP contribution in [0.4, 0.5) is 0 Å². The van der Waals surface area contributed by atoms with E-state index >= 15 is 0 Å². The van der Waals surface area contributed by atoms with Crippen LogP contribution in [0.25, 0.3) is 11.4 Å². The molecule has 0 amide bonds. The minimum atomic E-state index is -0.256. The van der Waals surface area contributed by atoms with Crippen molar-refractivity contribution in [1.29, 1.82) is 0 Å². The van der Waals surface area contributed by atoms with E-state index in [4.69, 9.17) is 33.5 Å². The van der Waals surface area contributed by atoms with Gasteiger partial charge in [0.2, 0.25) is 11.7 Å². The molecule has 2 aromatic rings. The van der Waals surface area contributed by atoms with Crippen molar-refractivity contribution in [2.24, 2.45) is 5.73 Å². The summed E-state index contributed by atoms with van der Waals surface area (Å²) in [5, 5.41) is 5.00. The normalized spacial score (nSPS) is 11.8. The highest BCUT2D eigenvalue weighted by Crippen LogP contribution is 2.25. The van der Waals surface area contributed by atoms with Gasteiger partial charge in [-0.1, -0.05) is 28.4 Å². The minimum absolute atomic E-state index is 0.256. The lowest BCUT2D eigenvalue weighted by molar-refractivity contribution is 0.358. The van der Waals surface area contributed by atoms with Gasteiger partial charge in [-0.2, -0.15) is 4.98 Å². The summed E-state index contributed by atoms with van der Waals surface area (Å²) in [5.41, 5.74) is 6.40. The average molecular weight is 300 g/mol. The molecule has 4 nitrogen and oxygen atoms in total.